The minimum Gasteiger partial charge on any atom is -0.469 e. The van der Waals surface area contributed by atoms with Gasteiger partial charge in [0, 0.05) is 12.5 Å². The molecule has 0 bridgehead atoms. The van der Waals surface area contributed by atoms with Crippen molar-refractivity contribution in [2.75, 3.05) is 0 Å². The molecule has 0 radical (unpaired) electrons. The molecule has 0 aromatic carbocycles. The molecule has 2 nitrogen and oxygen atoms in total. The largest absolute Gasteiger partial charge is 0.469 e. The van der Waals surface area contributed by atoms with E-state index in [1.165, 1.54) is 19.3 Å². The lowest BCUT2D eigenvalue weighted by Crippen LogP contribution is -2.35. The van der Waals surface area contributed by atoms with E-state index in [-0.39, 0.29) is 0 Å². The van der Waals surface area contributed by atoms with Crippen LogP contribution in [0.25, 0.3) is 0 Å². The van der Waals surface area contributed by atoms with Crippen molar-refractivity contribution in [3.8, 4) is 0 Å². The van der Waals surface area contributed by atoms with Crippen LogP contribution in [0.1, 0.15) is 45.3 Å². The molecule has 0 saturated heterocycles. The van der Waals surface area contributed by atoms with Crippen LogP contribution in [0.5, 0.6) is 0 Å². The minimum absolute atomic E-state index is 0.343. The summed E-state index contributed by atoms with van der Waals surface area (Å²) in [6.07, 6.45) is 7.74. The summed E-state index contributed by atoms with van der Waals surface area (Å²) in [6, 6.07) is 4.33. The fourth-order valence-corrected chi connectivity index (χ4v) is 2.98. The predicted molar refractivity (Wildman–Crippen MR) is 70.7 cm³/mol. The van der Waals surface area contributed by atoms with Gasteiger partial charge in [0.2, 0.25) is 0 Å². The summed E-state index contributed by atoms with van der Waals surface area (Å²) in [6.45, 7) is 4.74. The normalized spacial score (nSPS) is 31.4. The second kappa shape index (κ2) is 5.72. The van der Waals surface area contributed by atoms with Crippen LogP contribution in [0.2, 0.25) is 0 Å². The Hall–Kier alpha value is -0.760. The fourth-order valence-electron chi connectivity index (χ4n) is 2.98. The van der Waals surface area contributed by atoms with E-state index >= 15 is 0 Å². The van der Waals surface area contributed by atoms with E-state index in [1.807, 2.05) is 12.1 Å². The molecule has 96 valence electrons. The van der Waals surface area contributed by atoms with Gasteiger partial charge in [-0.1, -0.05) is 20.3 Å². The first kappa shape index (κ1) is 12.7. The number of furan rings is 1. The minimum atomic E-state index is 0.343. The number of nitrogens with two attached hydrogens (primary N) is 1. The molecule has 0 spiro atoms. The Morgan fingerprint density at radius 3 is 2.82 bits per heavy atom. The van der Waals surface area contributed by atoms with Gasteiger partial charge in [-0.3, -0.25) is 0 Å². The molecule has 2 N–H and O–H groups in total. The van der Waals surface area contributed by atoms with E-state index in [9.17, 15) is 0 Å². The molecule has 1 aromatic heterocycles. The average Bonchev–Trinajstić information content (AvgIpc) is 2.82. The zero-order valence-corrected chi connectivity index (χ0v) is 11.1. The van der Waals surface area contributed by atoms with Gasteiger partial charge in [-0.05, 0) is 49.1 Å². The van der Waals surface area contributed by atoms with Gasteiger partial charge in [0.15, 0.2) is 0 Å². The molecule has 1 saturated carbocycles. The van der Waals surface area contributed by atoms with Crippen molar-refractivity contribution in [1.29, 1.82) is 0 Å². The number of rotatable bonds is 4. The van der Waals surface area contributed by atoms with Gasteiger partial charge in [0.1, 0.15) is 5.76 Å². The molecule has 1 aliphatic rings. The van der Waals surface area contributed by atoms with Crippen molar-refractivity contribution in [3.63, 3.8) is 0 Å². The van der Waals surface area contributed by atoms with Gasteiger partial charge in [0.05, 0.1) is 6.26 Å². The second-order valence-electron chi connectivity index (χ2n) is 5.81. The van der Waals surface area contributed by atoms with Crippen molar-refractivity contribution in [2.45, 2.75) is 52.0 Å². The zero-order chi connectivity index (χ0) is 12.3. The Kier molecular flexibility index (Phi) is 4.27. The first-order valence-corrected chi connectivity index (χ1v) is 6.94. The van der Waals surface area contributed by atoms with Gasteiger partial charge in [-0.25, -0.2) is 0 Å². The Bertz CT molecular complexity index is 320. The highest BCUT2D eigenvalue weighted by atomic mass is 16.3. The molecular weight excluding hydrogens is 210 g/mol. The lowest BCUT2D eigenvalue weighted by Gasteiger charge is -2.35. The number of hydrogen-bond acceptors (Lipinski definition) is 2. The van der Waals surface area contributed by atoms with Crippen LogP contribution in [0.3, 0.4) is 0 Å². The van der Waals surface area contributed by atoms with Crippen LogP contribution in [-0.4, -0.2) is 6.04 Å². The first-order valence-electron chi connectivity index (χ1n) is 6.94. The van der Waals surface area contributed by atoms with Crippen LogP contribution in [0.15, 0.2) is 22.8 Å². The second-order valence-corrected chi connectivity index (χ2v) is 5.81. The van der Waals surface area contributed by atoms with Gasteiger partial charge in [-0.2, -0.15) is 0 Å². The quantitative estimate of drug-likeness (QED) is 0.866. The highest BCUT2D eigenvalue weighted by Gasteiger charge is 2.28. The van der Waals surface area contributed by atoms with Crippen LogP contribution in [0.4, 0.5) is 0 Å². The molecule has 4 unspecified atom stereocenters. The Labute approximate surface area is 105 Å². The van der Waals surface area contributed by atoms with Crippen molar-refractivity contribution in [3.05, 3.63) is 24.2 Å². The Balaban J connectivity index is 1.78. The third-order valence-corrected chi connectivity index (χ3v) is 4.55. The summed E-state index contributed by atoms with van der Waals surface area (Å²) < 4.78 is 5.35. The van der Waals surface area contributed by atoms with Crippen LogP contribution in [0, 0.1) is 17.8 Å². The lowest BCUT2D eigenvalue weighted by atomic mass is 9.72. The van der Waals surface area contributed by atoms with E-state index in [2.05, 4.69) is 13.8 Å². The number of hydrogen-bond donors (Lipinski definition) is 1. The first-order chi connectivity index (χ1) is 8.16. The smallest absolute Gasteiger partial charge is 0.103 e. The van der Waals surface area contributed by atoms with Crippen molar-refractivity contribution < 1.29 is 4.42 Å². The molecule has 17 heavy (non-hydrogen) atoms. The van der Waals surface area contributed by atoms with Gasteiger partial charge in [0.25, 0.3) is 0 Å². The maximum atomic E-state index is 6.33. The molecule has 1 aliphatic carbocycles. The molecule has 2 rings (SSSR count). The SMILES string of the molecule is CC1CCC(C(N)CCc2ccco2)CC1C. The molecule has 1 fully saturated rings. The molecule has 4 atom stereocenters. The molecule has 0 amide bonds. The highest BCUT2D eigenvalue weighted by Crippen LogP contribution is 2.35. The third-order valence-electron chi connectivity index (χ3n) is 4.55. The molecule has 1 heterocycles. The zero-order valence-electron chi connectivity index (χ0n) is 11.1. The maximum absolute atomic E-state index is 6.33. The Morgan fingerprint density at radius 2 is 2.18 bits per heavy atom. The molecular formula is C15H25NO. The monoisotopic (exact) mass is 235 g/mol. The Morgan fingerprint density at radius 1 is 1.35 bits per heavy atom. The summed E-state index contributed by atoms with van der Waals surface area (Å²) >= 11 is 0. The van der Waals surface area contributed by atoms with E-state index in [0.717, 1.165) is 36.4 Å². The van der Waals surface area contributed by atoms with Crippen molar-refractivity contribution in [2.24, 2.45) is 23.5 Å². The molecule has 0 aliphatic heterocycles. The summed E-state index contributed by atoms with van der Waals surface area (Å²) in [5, 5.41) is 0. The van der Waals surface area contributed by atoms with E-state index < -0.39 is 0 Å². The topological polar surface area (TPSA) is 39.2 Å². The lowest BCUT2D eigenvalue weighted by molar-refractivity contribution is 0.181. The van der Waals surface area contributed by atoms with Crippen molar-refractivity contribution in [1.82, 2.24) is 0 Å². The summed E-state index contributed by atoms with van der Waals surface area (Å²) in [5.41, 5.74) is 6.33. The van der Waals surface area contributed by atoms with Crippen LogP contribution >= 0.6 is 0 Å². The van der Waals surface area contributed by atoms with E-state index in [1.54, 1.807) is 6.26 Å². The summed E-state index contributed by atoms with van der Waals surface area (Å²) in [4.78, 5) is 0. The van der Waals surface area contributed by atoms with Crippen molar-refractivity contribution >= 4 is 0 Å². The van der Waals surface area contributed by atoms with Gasteiger partial charge in [-0.15, -0.1) is 0 Å². The predicted octanol–water partition coefficient (Wildman–Crippen LogP) is 3.61. The third kappa shape index (κ3) is 3.35. The highest BCUT2D eigenvalue weighted by molar-refractivity contribution is 4.99. The summed E-state index contributed by atoms with van der Waals surface area (Å²) in [7, 11) is 0. The standard InChI is InChI=1S/C15H25NO/c1-11-5-6-13(10-12(11)2)15(16)8-7-14-4-3-9-17-14/h3-4,9,11-13,15H,5-8,10,16H2,1-2H3. The molecule has 1 aromatic rings. The van der Waals surface area contributed by atoms with Crippen LogP contribution in [-0.2, 0) is 6.42 Å². The molecule has 2 heteroatoms. The van der Waals surface area contributed by atoms with Gasteiger partial charge < -0.3 is 10.2 Å². The average molecular weight is 235 g/mol. The number of aryl methyl sites for hydroxylation is 1. The van der Waals surface area contributed by atoms with Gasteiger partial charge >= 0.3 is 0 Å². The fraction of sp³-hybridized carbons (Fsp3) is 0.733. The van der Waals surface area contributed by atoms with Crippen LogP contribution < -0.4 is 5.73 Å². The maximum Gasteiger partial charge on any atom is 0.103 e. The summed E-state index contributed by atoms with van der Waals surface area (Å²) in [5.74, 6) is 3.50. The van der Waals surface area contributed by atoms with E-state index in [0.29, 0.717) is 6.04 Å². The van der Waals surface area contributed by atoms with E-state index in [4.69, 9.17) is 10.2 Å².